The molecule has 0 saturated heterocycles. The van der Waals surface area contributed by atoms with Gasteiger partial charge in [-0.2, -0.15) is 5.10 Å². The minimum Gasteiger partial charge on any atom is -0.352 e. The molecule has 116 valence electrons. The molecule has 0 saturated carbocycles. The Hall–Kier alpha value is -2.51. The maximum Gasteiger partial charge on any atom is 0.136 e. The van der Waals surface area contributed by atoms with Gasteiger partial charge < -0.3 is 5.32 Å². The van der Waals surface area contributed by atoms with E-state index in [1.54, 1.807) is 17.5 Å². The minimum absolute atomic E-state index is 0.0706. The standard InChI is InChI=1S/C16H16N6S/c1-17-16-13(10-8-19-20-9-10)21-14(12-5-3-7-23-12)11-4-2-6-18-15(11)22-16/h2-9,13,16-17H,1H3,(H,18,22)(H,19,20). The first-order valence-electron chi connectivity index (χ1n) is 7.36. The number of aliphatic imine (C=N–C) groups is 1. The second-order valence-electron chi connectivity index (χ2n) is 5.24. The van der Waals surface area contributed by atoms with Crippen molar-refractivity contribution in [3.8, 4) is 0 Å². The molecule has 0 aromatic carbocycles. The molecular weight excluding hydrogens is 308 g/mol. The van der Waals surface area contributed by atoms with E-state index in [-0.39, 0.29) is 12.2 Å². The maximum absolute atomic E-state index is 5.06. The molecular formula is C16H16N6S. The summed E-state index contributed by atoms with van der Waals surface area (Å²) in [5, 5.41) is 15.8. The third kappa shape index (κ3) is 2.54. The average Bonchev–Trinajstić information content (AvgIpc) is 3.26. The Balaban J connectivity index is 1.91. The lowest BCUT2D eigenvalue weighted by atomic mass is 10.1. The zero-order valence-corrected chi connectivity index (χ0v) is 13.3. The van der Waals surface area contributed by atoms with Gasteiger partial charge in [0.25, 0.3) is 0 Å². The topological polar surface area (TPSA) is 78.0 Å². The summed E-state index contributed by atoms with van der Waals surface area (Å²) in [6.07, 6.45) is 5.42. The van der Waals surface area contributed by atoms with Gasteiger partial charge in [0, 0.05) is 23.5 Å². The molecule has 0 bridgehead atoms. The Kier molecular flexibility index (Phi) is 3.64. The van der Waals surface area contributed by atoms with Crippen molar-refractivity contribution in [2.75, 3.05) is 12.4 Å². The van der Waals surface area contributed by atoms with E-state index in [2.05, 4.69) is 43.3 Å². The minimum atomic E-state index is -0.106. The van der Waals surface area contributed by atoms with Gasteiger partial charge in [-0.1, -0.05) is 6.07 Å². The summed E-state index contributed by atoms with van der Waals surface area (Å²) in [5.41, 5.74) is 3.00. The van der Waals surface area contributed by atoms with E-state index < -0.39 is 0 Å². The summed E-state index contributed by atoms with van der Waals surface area (Å²) in [6, 6.07) is 8.02. The Morgan fingerprint density at radius 1 is 1.26 bits per heavy atom. The lowest BCUT2D eigenvalue weighted by Crippen LogP contribution is -2.38. The number of likely N-dealkylation sites (N-methyl/N-ethyl adjacent to an activating group) is 1. The molecule has 1 aliphatic heterocycles. The molecule has 3 aromatic heterocycles. The van der Waals surface area contributed by atoms with E-state index in [1.165, 1.54) is 0 Å². The van der Waals surface area contributed by atoms with Crippen LogP contribution in [0.4, 0.5) is 5.82 Å². The van der Waals surface area contributed by atoms with Crippen LogP contribution in [0.15, 0.2) is 53.2 Å². The van der Waals surface area contributed by atoms with Crippen molar-refractivity contribution < 1.29 is 0 Å². The molecule has 4 heterocycles. The van der Waals surface area contributed by atoms with Crippen molar-refractivity contribution in [3.63, 3.8) is 0 Å². The molecule has 0 spiro atoms. The highest BCUT2D eigenvalue weighted by molar-refractivity contribution is 7.12. The van der Waals surface area contributed by atoms with Crippen LogP contribution in [0.3, 0.4) is 0 Å². The van der Waals surface area contributed by atoms with Gasteiger partial charge >= 0.3 is 0 Å². The number of H-pyrrole nitrogens is 1. The molecule has 3 aromatic rings. The van der Waals surface area contributed by atoms with Crippen LogP contribution in [0.2, 0.25) is 0 Å². The van der Waals surface area contributed by atoms with E-state index in [4.69, 9.17) is 4.99 Å². The molecule has 2 atom stereocenters. The molecule has 0 radical (unpaired) electrons. The molecule has 6 nitrogen and oxygen atoms in total. The van der Waals surface area contributed by atoms with Crippen LogP contribution in [-0.4, -0.2) is 34.1 Å². The first kappa shape index (κ1) is 14.1. The summed E-state index contributed by atoms with van der Waals surface area (Å²) in [7, 11) is 1.92. The van der Waals surface area contributed by atoms with Crippen LogP contribution < -0.4 is 10.6 Å². The number of rotatable bonds is 3. The van der Waals surface area contributed by atoms with E-state index >= 15 is 0 Å². The average molecular weight is 324 g/mol. The number of hydrogen-bond donors (Lipinski definition) is 3. The largest absolute Gasteiger partial charge is 0.352 e. The number of aromatic amines is 1. The zero-order chi connectivity index (χ0) is 15.6. The summed E-state index contributed by atoms with van der Waals surface area (Å²) in [6.45, 7) is 0. The fourth-order valence-corrected chi connectivity index (χ4v) is 3.49. The fraction of sp³-hybridized carbons (Fsp3) is 0.188. The van der Waals surface area contributed by atoms with Crippen LogP contribution in [0.25, 0.3) is 0 Å². The first-order chi connectivity index (χ1) is 11.4. The van der Waals surface area contributed by atoms with Gasteiger partial charge in [-0.05, 0) is 30.6 Å². The zero-order valence-electron chi connectivity index (χ0n) is 12.5. The second-order valence-corrected chi connectivity index (χ2v) is 6.19. The van der Waals surface area contributed by atoms with E-state index in [0.29, 0.717) is 0 Å². The highest BCUT2D eigenvalue weighted by atomic mass is 32.1. The van der Waals surface area contributed by atoms with Crippen LogP contribution in [0.5, 0.6) is 0 Å². The molecule has 1 aliphatic rings. The second kappa shape index (κ2) is 5.94. The Bertz CT molecular complexity index is 809. The van der Waals surface area contributed by atoms with Gasteiger partial charge in [0.15, 0.2) is 0 Å². The summed E-state index contributed by atoms with van der Waals surface area (Å²) < 4.78 is 0. The van der Waals surface area contributed by atoms with Gasteiger partial charge in [-0.3, -0.25) is 15.4 Å². The normalized spacial score (nSPS) is 20.3. The van der Waals surface area contributed by atoms with Crippen molar-refractivity contribution in [3.05, 3.63) is 64.2 Å². The lowest BCUT2D eigenvalue weighted by molar-refractivity contribution is 0.523. The van der Waals surface area contributed by atoms with Gasteiger partial charge in [-0.25, -0.2) is 4.98 Å². The quantitative estimate of drug-likeness (QED) is 0.691. The van der Waals surface area contributed by atoms with Gasteiger partial charge in [0.2, 0.25) is 0 Å². The van der Waals surface area contributed by atoms with Crippen molar-refractivity contribution in [2.45, 2.75) is 12.2 Å². The number of anilines is 1. The van der Waals surface area contributed by atoms with Gasteiger partial charge in [0.1, 0.15) is 18.0 Å². The number of hydrogen-bond acceptors (Lipinski definition) is 6. The van der Waals surface area contributed by atoms with Crippen molar-refractivity contribution in [1.29, 1.82) is 0 Å². The smallest absolute Gasteiger partial charge is 0.136 e. The predicted molar refractivity (Wildman–Crippen MR) is 92.0 cm³/mol. The third-order valence-electron chi connectivity index (χ3n) is 3.87. The molecule has 0 fully saturated rings. The number of nitrogens with zero attached hydrogens (tertiary/aromatic N) is 3. The molecule has 23 heavy (non-hydrogen) atoms. The highest BCUT2D eigenvalue weighted by Crippen LogP contribution is 2.31. The molecule has 4 rings (SSSR count). The molecule has 2 unspecified atom stereocenters. The van der Waals surface area contributed by atoms with E-state index in [9.17, 15) is 0 Å². The van der Waals surface area contributed by atoms with Crippen LogP contribution >= 0.6 is 11.3 Å². The van der Waals surface area contributed by atoms with E-state index in [0.717, 1.165) is 27.5 Å². The van der Waals surface area contributed by atoms with Gasteiger partial charge in [-0.15, -0.1) is 11.3 Å². The van der Waals surface area contributed by atoms with Crippen LogP contribution in [0.1, 0.15) is 22.0 Å². The molecule has 3 N–H and O–H groups in total. The fourth-order valence-electron chi connectivity index (χ4n) is 2.75. The van der Waals surface area contributed by atoms with Crippen LogP contribution in [-0.2, 0) is 0 Å². The first-order valence-corrected chi connectivity index (χ1v) is 8.24. The Labute approximate surface area is 137 Å². The van der Waals surface area contributed by atoms with E-state index in [1.807, 2.05) is 31.6 Å². The molecule has 0 amide bonds. The summed E-state index contributed by atoms with van der Waals surface area (Å²) >= 11 is 1.68. The summed E-state index contributed by atoms with van der Waals surface area (Å²) in [5.74, 6) is 0.838. The molecule has 7 heteroatoms. The predicted octanol–water partition coefficient (Wildman–Crippen LogP) is 2.42. The highest BCUT2D eigenvalue weighted by Gasteiger charge is 2.29. The Morgan fingerprint density at radius 2 is 2.22 bits per heavy atom. The van der Waals surface area contributed by atoms with Crippen molar-refractivity contribution in [2.24, 2.45) is 4.99 Å². The monoisotopic (exact) mass is 324 g/mol. The van der Waals surface area contributed by atoms with Crippen LogP contribution in [0, 0.1) is 0 Å². The number of fused-ring (bicyclic) bond motifs is 1. The Morgan fingerprint density at radius 3 is 2.96 bits per heavy atom. The number of aromatic nitrogens is 3. The summed E-state index contributed by atoms with van der Waals surface area (Å²) in [4.78, 5) is 10.7. The molecule has 0 aliphatic carbocycles. The number of pyridine rings is 1. The number of thiophene rings is 1. The van der Waals surface area contributed by atoms with Crippen molar-refractivity contribution in [1.82, 2.24) is 20.5 Å². The van der Waals surface area contributed by atoms with Crippen molar-refractivity contribution >= 4 is 22.9 Å². The maximum atomic E-state index is 5.06. The lowest BCUT2D eigenvalue weighted by Gasteiger charge is -2.22. The number of nitrogens with one attached hydrogen (secondary N) is 3. The third-order valence-corrected chi connectivity index (χ3v) is 4.74. The SMILES string of the molecule is CNC1Nc2ncccc2C(c2cccs2)=NC1c1cn[nH]c1. The van der Waals surface area contributed by atoms with Gasteiger partial charge in [0.05, 0.1) is 16.8 Å².